The molecule has 1 saturated heterocycles. The van der Waals surface area contributed by atoms with Gasteiger partial charge in [-0.1, -0.05) is 103 Å². The van der Waals surface area contributed by atoms with Gasteiger partial charge in [0.15, 0.2) is 0 Å². The van der Waals surface area contributed by atoms with Crippen LogP contribution in [0.15, 0.2) is 109 Å². The first kappa shape index (κ1) is 21.2. The normalized spacial score (nSPS) is 14.4. The van der Waals surface area contributed by atoms with Crippen molar-refractivity contribution in [1.29, 1.82) is 0 Å². The molecule has 1 fully saturated rings. The second-order valence-electron chi connectivity index (χ2n) is 8.50. The third-order valence-corrected chi connectivity index (χ3v) is 6.51. The molecule has 1 aliphatic rings. The Hall–Kier alpha value is -3.69. The predicted octanol–water partition coefficient (Wildman–Crippen LogP) is 6.08. The molecule has 1 heterocycles. The van der Waals surface area contributed by atoms with Crippen LogP contribution in [0.4, 0.5) is 5.69 Å². The molecule has 0 saturated carbocycles. The highest BCUT2D eigenvalue weighted by atomic mass is 16.1. The Morgan fingerprint density at radius 1 is 0.606 bits per heavy atom. The highest BCUT2D eigenvalue weighted by Crippen LogP contribution is 2.34. The lowest BCUT2D eigenvalue weighted by Crippen LogP contribution is -2.48. The Balaban J connectivity index is 1.38. The molecule has 3 heteroatoms. The van der Waals surface area contributed by atoms with Gasteiger partial charge in [-0.15, -0.1) is 0 Å². The van der Waals surface area contributed by atoms with E-state index in [0.717, 1.165) is 38.0 Å². The smallest absolute Gasteiger partial charge is 0.150 e. The monoisotopic (exact) mass is 432 g/mol. The van der Waals surface area contributed by atoms with Crippen molar-refractivity contribution >= 4 is 12.0 Å². The number of rotatable bonds is 6. The summed E-state index contributed by atoms with van der Waals surface area (Å²) < 4.78 is 0. The SMILES string of the molecule is O=Cc1ccc(-c2ccccc2N2CCN(C(c3ccccc3)c3ccccc3)CC2)cc1. The summed E-state index contributed by atoms with van der Waals surface area (Å²) in [6.45, 7) is 3.93. The van der Waals surface area contributed by atoms with Gasteiger partial charge in [-0.25, -0.2) is 0 Å². The maximum atomic E-state index is 11.0. The third kappa shape index (κ3) is 4.59. The van der Waals surface area contributed by atoms with E-state index in [1.807, 2.05) is 24.3 Å². The van der Waals surface area contributed by atoms with Crippen LogP contribution in [0.1, 0.15) is 27.5 Å². The summed E-state index contributed by atoms with van der Waals surface area (Å²) in [5, 5.41) is 0. The van der Waals surface area contributed by atoms with Crippen LogP contribution in [0.3, 0.4) is 0 Å². The standard InChI is InChI=1S/C30H28N2O/c33-23-24-15-17-25(18-16-24)28-13-7-8-14-29(28)31-19-21-32(22-20-31)30(26-9-3-1-4-10-26)27-11-5-2-6-12-27/h1-18,23,30H,19-22H2. The molecule has 0 bridgehead atoms. The number of hydrogen-bond acceptors (Lipinski definition) is 3. The summed E-state index contributed by atoms with van der Waals surface area (Å²) in [6.07, 6.45) is 0.894. The van der Waals surface area contributed by atoms with Gasteiger partial charge in [0.25, 0.3) is 0 Å². The van der Waals surface area contributed by atoms with Crippen LogP contribution in [0.25, 0.3) is 11.1 Å². The van der Waals surface area contributed by atoms with Crippen molar-refractivity contribution in [2.24, 2.45) is 0 Å². The third-order valence-electron chi connectivity index (χ3n) is 6.51. The van der Waals surface area contributed by atoms with Gasteiger partial charge in [0, 0.05) is 43.0 Å². The van der Waals surface area contributed by atoms with E-state index < -0.39 is 0 Å². The van der Waals surface area contributed by atoms with Crippen molar-refractivity contribution in [2.45, 2.75) is 6.04 Å². The number of carbonyl (C=O) groups excluding carboxylic acids is 1. The summed E-state index contributed by atoms with van der Waals surface area (Å²) in [6, 6.07) is 38.4. The van der Waals surface area contributed by atoms with Gasteiger partial charge < -0.3 is 4.90 Å². The van der Waals surface area contributed by atoms with Gasteiger partial charge in [0.05, 0.1) is 6.04 Å². The van der Waals surface area contributed by atoms with Crippen molar-refractivity contribution in [2.75, 3.05) is 31.1 Å². The molecule has 1 aliphatic heterocycles. The van der Waals surface area contributed by atoms with Gasteiger partial charge in [-0.2, -0.15) is 0 Å². The maximum absolute atomic E-state index is 11.0. The van der Waals surface area contributed by atoms with Crippen molar-refractivity contribution in [3.8, 4) is 11.1 Å². The van der Waals surface area contributed by atoms with Gasteiger partial charge in [0.2, 0.25) is 0 Å². The lowest BCUT2D eigenvalue weighted by atomic mass is 9.96. The molecule has 3 nitrogen and oxygen atoms in total. The van der Waals surface area contributed by atoms with Crippen LogP contribution in [0.2, 0.25) is 0 Å². The minimum absolute atomic E-state index is 0.265. The summed E-state index contributed by atoms with van der Waals surface area (Å²) in [5.74, 6) is 0. The zero-order valence-corrected chi connectivity index (χ0v) is 18.7. The average Bonchev–Trinajstić information content (AvgIpc) is 2.91. The van der Waals surface area contributed by atoms with E-state index in [4.69, 9.17) is 0 Å². The molecule has 33 heavy (non-hydrogen) atoms. The van der Waals surface area contributed by atoms with Crippen molar-refractivity contribution < 1.29 is 4.79 Å². The molecule has 0 spiro atoms. The first-order chi connectivity index (χ1) is 16.3. The van der Waals surface area contributed by atoms with E-state index in [1.165, 1.54) is 22.4 Å². The van der Waals surface area contributed by atoms with E-state index >= 15 is 0 Å². The van der Waals surface area contributed by atoms with Gasteiger partial charge in [-0.05, 0) is 22.8 Å². The Bertz CT molecular complexity index is 1140. The van der Waals surface area contributed by atoms with Crippen molar-refractivity contribution in [3.05, 3.63) is 126 Å². The first-order valence-electron chi connectivity index (χ1n) is 11.6. The molecule has 0 atom stereocenters. The number of hydrogen-bond donors (Lipinski definition) is 0. The zero-order chi connectivity index (χ0) is 22.5. The molecule has 4 aromatic rings. The number of anilines is 1. The molecular weight excluding hydrogens is 404 g/mol. The molecular formula is C30H28N2O. The average molecular weight is 433 g/mol. The number of para-hydroxylation sites is 1. The largest absolute Gasteiger partial charge is 0.368 e. The van der Waals surface area contributed by atoms with E-state index in [2.05, 4.69) is 94.7 Å². The quantitative estimate of drug-likeness (QED) is 0.345. The minimum Gasteiger partial charge on any atom is -0.368 e. The van der Waals surface area contributed by atoms with Gasteiger partial charge >= 0.3 is 0 Å². The number of benzene rings is 4. The lowest BCUT2D eigenvalue weighted by molar-refractivity contribution is 0.112. The number of nitrogens with zero attached hydrogens (tertiary/aromatic N) is 2. The Kier molecular flexibility index (Phi) is 6.32. The second kappa shape index (κ2) is 9.85. The van der Waals surface area contributed by atoms with Crippen LogP contribution in [-0.4, -0.2) is 37.4 Å². The second-order valence-corrected chi connectivity index (χ2v) is 8.50. The highest BCUT2D eigenvalue weighted by Gasteiger charge is 2.27. The zero-order valence-electron chi connectivity index (χ0n) is 18.7. The Labute approximate surface area is 195 Å². The number of carbonyl (C=O) groups is 1. The summed E-state index contributed by atoms with van der Waals surface area (Å²) >= 11 is 0. The van der Waals surface area contributed by atoms with E-state index in [1.54, 1.807) is 0 Å². The Morgan fingerprint density at radius 2 is 1.15 bits per heavy atom. The van der Waals surface area contributed by atoms with Crippen LogP contribution in [-0.2, 0) is 0 Å². The van der Waals surface area contributed by atoms with Crippen LogP contribution >= 0.6 is 0 Å². The van der Waals surface area contributed by atoms with Crippen LogP contribution in [0, 0.1) is 0 Å². The Morgan fingerprint density at radius 3 is 1.73 bits per heavy atom. The fraction of sp³-hybridized carbons (Fsp3) is 0.167. The fourth-order valence-corrected chi connectivity index (χ4v) is 4.84. The van der Waals surface area contributed by atoms with Crippen molar-refractivity contribution in [3.63, 3.8) is 0 Å². The molecule has 4 aromatic carbocycles. The topological polar surface area (TPSA) is 23.6 Å². The van der Waals surface area contributed by atoms with E-state index in [0.29, 0.717) is 5.56 Å². The lowest BCUT2D eigenvalue weighted by Gasteiger charge is -2.41. The molecule has 0 amide bonds. The van der Waals surface area contributed by atoms with Crippen molar-refractivity contribution in [1.82, 2.24) is 4.90 Å². The van der Waals surface area contributed by atoms with Gasteiger partial charge in [-0.3, -0.25) is 9.69 Å². The minimum atomic E-state index is 0.265. The van der Waals surface area contributed by atoms with E-state index in [9.17, 15) is 4.79 Å². The van der Waals surface area contributed by atoms with Crippen LogP contribution in [0.5, 0.6) is 0 Å². The maximum Gasteiger partial charge on any atom is 0.150 e. The van der Waals surface area contributed by atoms with Crippen LogP contribution < -0.4 is 4.90 Å². The molecule has 0 unspecified atom stereocenters. The predicted molar refractivity (Wildman–Crippen MR) is 136 cm³/mol. The van der Waals surface area contributed by atoms with E-state index in [-0.39, 0.29) is 6.04 Å². The summed E-state index contributed by atoms with van der Waals surface area (Å²) in [4.78, 5) is 16.1. The molecule has 164 valence electrons. The molecule has 0 N–H and O–H groups in total. The molecule has 0 aliphatic carbocycles. The molecule has 5 rings (SSSR count). The van der Waals surface area contributed by atoms with Gasteiger partial charge in [0.1, 0.15) is 6.29 Å². The number of piperazine rings is 1. The fourth-order valence-electron chi connectivity index (χ4n) is 4.84. The molecule has 0 radical (unpaired) electrons. The summed E-state index contributed by atoms with van der Waals surface area (Å²) in [7, 11) is 0. The highest BCUT2D eigenvalue weighted by molar-refractivity contribution is 5.81. The first-order valence-corrected chi connectivity index (χ1v) is 11.6. The summed E-state index contributed by atoms with van der Waals surface area (Å²) in [5.41, 5.74) is 7.00. The number of aldehydes is 1. The molecule has 0 aromatic heterocycles.